The Morgan fingerprint density at radius 3 is 3.00 bits per heavy atom. The van der Waals surface area contributed by atoms with Crippen molar-refractivity contribution in [1.29, 1.82) is 0 Å². The van der Waals surface area contributed by atoms with E-state index in [1.807, 2.05) is 0 Å². The summed E-state index contributed by atoms with van der Waals surface area (Å²) < 4.78 is 3.06. The lowest BCUT2D eigenvalue weighted by Crippen LogP contribution is -2.21. The molecule has 3 rings (SSSR count). The summed E-state index contributed by atoms with van der Waals surface area (Å²) in [5.74, 6) is 0. The number of halogens is 1. The molecule has 0 saturated heterocycles. The molecule has 0 fully saturated rings. The summed E-state index contributed by atoms with van der Waals surface area (Å²) in [5.41, 5.74) is 1.14. The second-order valence-corrected chi connectivity index (χ2v) is 4.58. The summed E-state index contributed by atoms with van der Waals surface area (Å²) in [6, 6.07) is 3.41. The fourth-order valence-corrected chi connectivity index (χ4v) is 2.07. The number of pyridine rings is 1. The second kappa shape index (κ2) is 4.47. The van der Waals surface area contributed by atoms with Gasteiger partial charge < -0.3 is 0 Å². The van der Waals surface area contributed by atoms with Crippen LogP contribution in [0.25, 0.3) is 11.0 Å². The van der Waals surface area contributed by atoms with E-state index < -0.39 is 0 Å². The van der Waals surface area contributed by atoms with Crippen molar-refractivity contribution in [1.82, 2.24) is 24.3 Å². The largest absolute Gasteiger partial charge is 0.292 e. The third kappa shape index (κ3) is 2.10. The van der Waals surface area contributed by atoms with Crippen LogP contribution in [0.15, 0.2) is 35.6 Å². The average molecular weight is 276 g/mol. The fourth-order valence-electron chi connectivity index (χ4n) is 1.89. The Morgan fingerprint density at radius 2 is 2.21 bits per heavy atom. The third-order valence-electron chi connectivity index (χ3n) is 2.83. The maximum atomic E-state index is 12.2. The molecule has 96 valence electrons. The minimum Gasteiger partial charge on any atom is -0.292 e. The van der Waals surface area contributed by atoms with Crippen LogP contribution in [-0.4, -0.2) is 24.3 Å². The summed E-state index contributed by atoms with van der Waals surface area (Å²) >= 11 is 5.89. The number of aryl methyl sites for hydroxylation is 1. The lowest BCUT2D eigenvalue weighted by Gasteiger charge is -2.05. The van der Waals surface area contributed by atoms with E-state index in [0.717, 1.165) is 0 Å². The van der Waals surface area contributed by atoms with Crippen molar-refractivity contribution in [3.05, 3.63) is 51.9 Å². The number of hydrogen-bond donors (Lipinski definition) is 0. The molecule has 7 heteroatoms. The van der Waals surface area contributed by atoms with Crippen LogP contribution >= 0.6 is 11.6 Å². The molecule has 0 radical (unpaired) electrons. The van der Waals surface area contributed by atoms with Crippen molar-refractivity contribution >= 4 is 22.6 Å². The SMILES string of the molecule is Cn1ncc2c(=O)n(Cc3cc(Cl)ccn3)cnc21. The van der Waals surface area contributed by atoms with Crippen molar-refractivity contribution in [2.45, 2.75) is 6.54 Å². The maximum absolute atomic E-state index is 12.2. The van der Waals surface area contributed by atoms with Gasteiger partial charge in [-0.25, -0.2) is 4.98 Å². The van der Waals surface area contributed by atoms with Crippen LogP contribution in [-0.2, 0) is 13.6 Å². The topological polar surface area (TPSA) is 65.6 Å². The Kier molecular flexibility index (Phi) is 2.79. The van der Waals surface area contributed by atoms with Gasteiger partial charge in [0.05, 0.1) is 18.4 Å². The third-order valence-corrected chi connectivity index (χ3v) is 3.06. The molecule has 0 aliphatic carbocycles. The van der Waals surface area contributed by atoms with Crippen LogP contribution in [0.5, 0.6) is 0 Å². The number of rotatable bonds is 2. The molecule has 3 heterocycles. The molecule has 0 atom stereocenters. The quantitative estimate of drug-likeness (QED) is 0.705. The molecule has 3 aromatic rings. The Morgan fingerprint density at radius 1 is 1.37 bits per heavy atom. The van der Waals surface area contributed by atoms with Gasteiger partial charge >= 0.3 is 0 Å². The molecule has 0 bridgehead atoms. The van der Waals surface area contributed by atoms with E-state index >= 15 is 0 Å². The van der Waals surface area contributed by atoms with Gasteiger partial charge in [-0.1, -0.05) is 11.6 Å². The molecule has 0 N–H and O–H groups in total. The Hall–Kier alpha value is -2.21. The highest BCUT2D eigenvalue weighted by molar-refractivity contribution is 6.30. The highest BCUT2D eigenvalue weighted by Crippen LogP contribution is 2.09. The van der Waals surface area contributed by atoms with Crippen LogP contribution in [0.4, 0.5) is 0 Å². The monoisotopic (exact) mass is 275 g/mol. The van der Waals surface area contributed by atoms with E-state index in [9.17, 15) is 4.79 Å². The zero-order chi connectivity index (χ0) is 13.4. The summed E-state index contributed by atoms with van der Waals surface area (Å²) in [5, 5.41) is 5.11. The molecule has 19 heavy (non-hydrogen) atoms. The molecule has 6 nitrogen and oxygen atoms in total. The lowest BCUT2D eigenvalue weighted by molar-refractivity contribution is 0.722. The average Bonchev–Trinajstić information content (AvgIpc) is 2.76. The number of aromatic nitrogens is 5. The molecule has 0 unspecified atom stereocenters. The minimum atomic E-state index is -0.139. The first-order valence-electron chi connectivity index (χ1n) is 5.63. The van der Waals surface area contributed by atoms with E-state index in [0.29, 0.717) is 28.3 Å². The molecule has 3 aromatic heterocycles. The summed E-state index contributed by atoms with van der Waals surface area (Å²) in [6.07, 6.45) is 4.63. The van der Waals surface area contributed by atoms with E-state index in [1.165, 1.54) is 17.1 Å². The summed E-state index contributed by atoms with van der Waals surface area (Å²) in [4.78, 5) is 20.6. The van der Waals surface area contributed by atoms with Gasteiger partial charge in [0.25, 0.3) is 5.56 Å². The van der Waals surface area contributed by atoms with Crippen molar-refractivity contribution in [2.24, 2.45) is 7.05 Å². The lowest BCUT2D eigenvalue weighted by atomic mass is 10.3. The predicted octanol–water partition coefficient (Wildman–Crippen LogP) is 1.23. The second-order valence-electron chi connectivity index (χ2n) is 4.15. The summed E-state index contributed by atoms with van der Waals surface area (Å²) in [6.45, 7) is 0.331. The first kappa shape index (κ1) is 11.9. The summed E-state index contributed by atoms with van der Waals surface area (Å²) in [7, 11) is 1.75. The molecule has 0 aliphatic heterocycles. The van der Waals surface area contributed by atoms with Gasteiger partial charge in [0.15, 0.2) is 5.65 Å². The molecule has 0 aromatic carbocycles. The highest BCUT2D eigenvalue weighted by Gasteiger charge is 2.08. The van der Waals surface area contributed by atoms with Crippen LogP contribution in [0.2, 0.25) is 5.02 Å². The Labute approximate surface area is 113 Å². The van der Waals surface area contributed by atoms with Gasteiger partial charge in [0.1, 0.15) is 11.7 Å². The Balaban J connectivity index is 2.06. The number of nitrogens with zero attached hydrogens (tertiary/aromatic N) is 5. The van der Waals surface area contributed by atoms with E-state index in [2.05, 4.69) is 15.1 Å². The van der Waals surface area contributed by atoms with Gasteiger partial charge in [-0.15, -0.1) is 0 Å². The molecular weight excluding hydrogens is 266 g/mol. The smallest absolute Gasteiger partial charge is 0.264 e. The van der Waals surface area contributed by atoms with E-state index in [1.54, 1.807) is 30.1 Å². The van der Waals surface area contributed by atoms with Gasteiger partial charge in [0, 0.05) is 18.3 Å². The zero-order valence-electron chi connectivity index (χ0n) is 10.1. The fraction of sp³-hybridized carbons (Fsp3) is 0.167. The molecule has 0 spiro atoms. The van der Waals surface area contributed by atoms with Crippen LogP contribution in [0, 0.1) is 0 Å². The van der Waals surface area contributed by atoms with Crippen molar-refractivity contribution in [2.75, 3.05) is 0 Å². The Bertz CT molecular complexity index is 807. The molecule has 0 saturated carbocycles. The minimum absolute atomic E-state index is 0.139. The van der Waals surface area contributed by atoms with Crippen LogP contribution in [0.1, 0.15) is 5.69 Å². The predicted molar refractivity (Wildman–Crippen MR) is 71.1 cm³/mol. The standard InChI is InChI=1S/C12H10ClN5O/c1-17-11-10(5-16-17)12(19)18(7-15-11)6-9-4-8(13)2-3-14-9/h2-5,7H,6H2,1H3. The normalized spacial score (nSPS) is 11.1. The molecule has 0 aliphatic rings. The zero-order valence-corrected chi connectivity index (χ0v) is 10.9. The first-order chi connectivity index (χ1) is 9.15. The molecular formula is C12H10ClN5O. The number of hydrogen-bond acceptors (Lipinski definition) is 4. The van der Waals surface area contributed by atoms with E-state index in [-0.39, 0.29) is 5.56 Å². The maximum Gasteiger partial charge on any atom is 0.264 e. The van der Waals surface area contributed by atoms with Crippen LogP contribution < -0.4 is 5.56 Å². The first-order valence-corrected chi connectivity index (χ1v) is 6.00. The highest BCUT2D eigenvalue weighted by atomic mass is 35.5. The van der Waals surface area contributed by atoms with Crippen molar-refractivity contribution in [3.8, 4) is 0 Å². The molecule has 0 amide bonds. The van der Waals surface area contributed by atoms with Gasteiger partial charge in [-0.2, -0.15) is 5.10 Å². The van der Waals surface area contributed by atoms with E-state index in [4.69, 9.17) is 11.6 Å². The van der Waals surface area contributed by atoms with Gasteiger partial charge in [-0.3, -0.25) is 19.0 Å². The number of fused-ring (bicyclic) bond motifs is 1. The van der Waals surface area contributed by atoms with Crippen molar-refractivity contribution < 1.29 is 0 Å². The van der Waals surface area contributed by atoms with Crippen molar-refractivity contribution in [3.63, 3.8) is 0 Å². The van der Waals surface area contributed by atoms with Crippen LogP contribution in [0.3, 0.4) is 0 Å². The van der Waals surface area contributed by atoms with Gasteiger partial charge in [0.2, 0.25) is 0 Å². The van der Waals surface area contributed by atoms with Gasteiger partial charge in [-0.05, 0) is 12.1 Å².